The van der Waals surface area contributed by atoms with Crippen LogP contribution < -0.4 is 10.6 Å². The molecule has 0 fully saturated rings. The van der Waals surface area contributed by atoms with Crippen LogP contribution >= 0.6 is 0 Å². The highest BCUT2D eigenvalue weighted by Gasteiger charge is 2.13. The first-order valence-corrected chi connectivity index (χ1v) is 10.9. The van der Waals surface area contributed by atoms with Gasteiger partial charge in [0.05, 0.1) is 23.8 Å². The van der Waals surface area contributed by atoms with E-state index in [1.54, 1.807) is 0 Å². The van der Waals surface area contributed by atoms with Gasteiger partial charge in [0, 0.05) is 24.1 Å². The van der Waals surface area contributed by atoms with E-state index in [-0.39, 0.29) is 6.04 Å². The summed E-state index contributed by atoms with van der Waals surface area (Å²) in [4.78, 5) is 9.12. The number of pyridine rings is 1. The van der Waals surface area contributed by atoms with Gasteiger partial charge < -0.3 is 15.2 Å². The lowest BCUT2D eigenvalue weighted by atomic mass is 10.0. The van der Waals surface area contributed by atoms with Crippen molar-refractivity contribution in [2.75, 3.05) is 5.32 Å². The molecule has 5 nitrogen and oxygen atoms in total. The quantitative estimate of drug-likeness (QED) is 0.347. The van der Waals surface area contributed by atoms with Crippen molar-refractivity contribution in [3.8, 4) is 5.69 Å². The summed E-state index contributed by atoms with van der Waals surface area (Å²) in [5.74, 6) is 0.787. The second-order valence-electron chi connectivity index (χ2n) is 8.01. The van der Waals surface area contributed by atoms with Crippen LogP contribution in [0.15, 0.2) is 86.0 Å². The SMILES string of the molecule is C=C(NC(CC)c1cccc(C)c1)c1cn(-c2cc(Nc3ccccc3)ncc2C)cn1. The maximum Gasteiger partial charge on any atom is 0.132 e. The molecule has 2 heterocycles. The molecule has 4 aromatic rings. The second kappa shape index (κ2) is 9.52. The zero-order chi connectivity index (χ0) is 22.5. The molecule has 0 saturated heterocycles. The molecule has 0 aliphatic rings. The minimum absolute atomic E-state index is 0.192. The van der Waals surface area contributed by atoms with Crippen molar-refractivity contribution in [3.63, 3.8) is 0 Å². The number of imidazole rings is 1. The lowest BCUT2D eigenvalue weighted by Gasteiger charge is -2.20. The first-order valence-electron chi connectivity index (χ1n) is 10.9. The fourth-order valence-electron chi connectivity index (χ4n) is 3.73. The Bertz CT molecular complexity index is 1210. The van der Waals surface area contributed by atoms with Gasteiger partial charge in [0.1, 0.15) is 11.5 Å². The summed E-state index contributed by atoms with van der Waals surface area (Å²) in [7, 11) is 0. The predicted octanol–water partition coefficient (Wildman–Crippen LogP) is 6.34. The van der Waals surface area contributed by atoms with Gasteiger partial charge in [0.2, 0.25) is 0 Å². The Hall–Kier alpha value is -3.86. The molecule has 0 aliphatic heterocycles. The number of nitrogens with zero attached hydrogens (tertiary/aromatic N) is 3. The molecule has 1 atom stereocenters. The van der Waals surface area contributed by atoms with Gasteiger partial charge in [-0.15, -0.1) is 0 Å². The summed E-state index contributed by atoms with van der Waals surface area (Å²) in [6, 6.07) is 20.8. The van der Waals surface area contributed by atoms with Gasteiger partial charge in [0.25, 0.3) is 0 Å². The molecule has 5 heteroatoms. The summed E-state index contributed by atoms with van der Waals surface area (Å²) in [6.07, 6.45) is 6.66. The Morgan fingerprint density at radius 3 is 2.59 bits per heavy atom. The number of hydrogen-bond acceptors (Lipinski definition) is 4. The van der Waals surface area contributed by atoms with Crippen LogP contribution in [0, 0.1) is 13.8 Å². The lowest BCUT2D eigenvalue weighted by Crippen LogP contribution is -2.19. The van der Waals surface area contributed by atoms with Crippen molar-refractivity contribution >= 4 is 17.2 Å². The Kier molecular flexibility index (Phi) is 6.36. The maximum atomic E-state index is 4.61. The van der Waals surface area contributed by atoms with E-state index >= 15 is 0 Å². The fraction of sp³-hybridized carbons (Fsp3) is 0.185. The van der Waals surface area contributed by atoms with Gasteiger partial charge in [-0.25, -0.2) is 9.97 Å². The van der Waals surface area contributed by atoms with Gasteiger partial charge in [-0.2, -0.15) is 0 Å². The fourth-order valence-corrected chi connectivity index (χ4v) is 3.73. The minimum Gasteiger partial charge on any atom is -0.377 e. The lowest BCUT2D eigenvalue weighted by molar-refractivity contribution is 0.613. The standard InChI is InChI=1S/C27H29N5/c1-5-24(22-11-9-10-19(2)14-22)30-21(4)25-17-32(18-29-25)26-15-27(28-16-20(26)3)31-23-12-7-6-8-13-23/h6-18,24,30H,4-5H2,1-3H3,(H,28,31). The molecule has 0 bridgehead atoms. The van der Waals surface area contributed by atoms with Crippen LogP contribution in [0.5, 0.6) is 0 Å². The second-order valence-corrected chi connectivity index (χ2v) is 8.01. The van der Waals surface area contributed by atoms with Crippen LogP contribution in [0.1, 0.15) is 41.8 Å². The molecule has 0 saturated carbocycles. The monoisotopic (exact) mass is 423 g/mol. The maximum absolute atomic E-state index is 4.61. The molecule has 32 heavy (non-hydrogen) atoms. The van der Waals surface area contributed by atoms with Crippen LogP contribution in [-0.2, 0) is 0 Å². The Balaban J connectivity index is 1.53. The van der Waals surface area contributed by atoms with Gasteiger partial charge in [-0.3, -0.25) is 0 Å². The van der Waals surface area contributed by atoms with E-state index in [1.807, 2.05) is 66.6 Å². The summed E-state index contributed by atoms with van der Waals surface area (Å²) >= 11 is 0. The van der Waals surface area contributed by atoms with Crippen LogP contribution in [0.2, 0.25) is 0 Å². The van der Waals surface area contributed by atoms with Gasteiger partial charge in [-0.05, 0) is 43.5 Å². The van der Waals surface area contributed by atoms with E-state index in [9.17, 15) is 0 Å². The highest BCUT2D eigenvalue weighted by molar-refractivity contribution is 5.61. The van der Waals surface area contributed by atoms with Crippen LogP contribution in [0.4, 0.5) is 11.5 Å². The number of aryl methyl sites for hydroxylation is 2. The Labute approximate surface area is 189 Å². The molecule has 0 spiro atoms. The van der Waals surface area contributed by atoms with E-state index in [2.05, 4.69) is 65.3 Å². The highest BCUT2D eigenvalue weighted by Crippen LogP contribution is 2.24. The Morgan fingerprint density at radius 2 is 1.84 bits per heavy atom. The third kappa shape index (κ3) is 4.89. The molecule has 0 radical (unpaired) electrons. The average molecular weight is 424 g/mol. The van der Waals surface area contributed by atoms with E-state index in [4.69, 9.17) is 0 Å². The highest BCUT2D eigenvalue weighted by atomic mass is 15.1. The number of hydrogen-bond donors (Lipinski definition) is 2. The van der Waals surface area contributed by atoms with Gasteiger partial charge in [0.15, 0.2) is 0 Å². The zero-order valence-corrected chi connectivity index (χ0v) is 18.8. The number of aromatic nitrogens is 3. The molecule has 2 aromatic heterocycles. The number of para-hydroxylation sites is 1. The Morgan fingerprint density at radius 1 is 1.03 bits per heavy atom. The molecule has 162 valence electrons. The largest absolute Gasteiger partial charge is 0.377 e. The van der Waals surface area contributed by atoms with Crippen LogP contribution in [0.3, 0.4) is 0 Å². The summed E-state index contributed by atoms with van der Waals surface area (Å²) in [6.45, 7) is 10.6. The third-order valence-corrected chi connectivity index (χ3v) is 5.49. The summed E-state index contributed by atoms with van der Waals surface area (Å²) < 4.78 is 2.02. The predicted molar refractivity (Wildman–Crippen MR) is 132 cm³/mol. The van der Waals surface area contributed by atoms with Crippen molar-refractivity contribution in [1.82, 2.24) is 19.9 Å². The van der Waals surface area contributed by atoms with Crippen LogP contribution in [0.25, 0.3) is 11.4 Å². The molecule has 0 amide bonds. The zero-order valence-electron chi connectivity index (χ0n) is 18.8. The van der Waals surface area contributed by atoms with Crippen molar-refractivity contribution in [1.29, 1.82) is 0 Å². The average Bonchev–Trinajstić information content (AvgIpc) is 3.29. The van der Waals surface area contributed by atoms with Crippen molar-refractivity contribution in [2.45, 2.75) is 33.2 Å². The van der Waals surface area contributed by atoms with Crippen molar-refractivity contribution < 1.29 is 0 Å². The molecular formula is C27H29N5. The number of nitrogens with one attached hydrogen (secondary N) is 2. The molecule has 2 N–H and O–H groups in total. The smallest absolute Gasteiger partial charge is 0.132 e. The van der Waals surface area contributed by atoms with Crippen molar-refractivity contribution in [2.24, 2.45) is 0 Å². The van der Waals surface area contributed by atoms with Crippen molar-refractivity contribution in [3.05, 3.63) is 108 Å². The van der Waals surface area contributed by atoms with Gasteiger partial charge in [-0.1, -0.05) is 61.5 Å². The number of rotatable bonds is 8. The number of benzene rings is 2. The van der Waals surface area contributed by atoms with E-state index in [0.29, 0.717) is 0 Å². The van der Waals surface area contributed by atoms with E-state index in [0.717, 1.165) is 40.6 Å². The van der Waals surface area contributed by atoms with Crippen LogP contribution in [-0.4, -0.2) is 14.5 Å². The van der Waals surface area contributed by atoms with Gasteiger partial charge >= 0.3 is 0 Å². The minimum atomic E-state index is 0.192. The topological polar surface area (TPSA) is 54.8 Å². The first-order chi connectivity index (χ1) is 15.5. The molecule has 2 aromatic carbocycles. The molecule has 4 rings (SSSR count). The summed E-state index contributed by atoms with van der Waals surface area (Å²) in [5.41, 5.74) is 7.24. The third-order valence-electron chi connectivity index (χ3n) is 5.49. The van der Waals surface area contributed by atoms with E-state index < -0.39 is 0 Å². The molecular weight excluding hydrogens is 394 g/mol. The normalized spacial score (nSPS) is 11.7. The number of anilines is 2. The molecule has 1 unspecified atom stereocenters. The van der Waals surface area contributed by atoms with E-state index in [1.165, 1.54) is 11.1 Å². The summed E-state index contributed by atoms with van der Waals surface area (Å²) in [5, 5.41) is 6.91. The molecule has 0 aliphatic carbocycles. The first kappa shape index (κ1) is 21.4.